The zero-order valence-electron chi connectivity index (χ0n) is 8.74. The normalized spacial score (nSPS) is 10.2. The standard InChI is InChI=1S/C12H9Cl2NOS/c13-10-6-9(11(14)17-10)12(16)15-7-8-4-2-1-3-5-8/h1-6H,7H2,(H,15,16). The van der Waals surface area contributed by atoms with Gasteiger partial charge in [-0.05, 0) is 11.6 Å². The Hall–Kier alpha value is -1.03. The van der Waals surface area contributed by atoms with E-state index in [0.717, 1.165) is 5.56 Å². The molecular weight excluding hydrogens is 277 g/mol. The molecule has 0 spiro atoms. The average Bonchev–Trinajstić information content (AvgIpc) is 2.67. The van der Waals surface area contributed by atoms with Crippen molar-refractivity contribution in [3.8, 4) is 0 Å². The van der Waals surface area contributed by atoms with Crippen LogP contribution in [0.2, 0.25) is 8.67 Å². The molecule has 1 aromatic heterocycles. The number of nitrogens with one attached hydrogen (secondary N) is 1. The van der Waals surface area contributed by atoms with Crippen LogP contribution in [0.25, 0.3) is 0 Å². The Morgan fingerprint density at radius 1 is 1.24 bits per heavy atom. The molecule has 0 saturated carbocycles. The summed E-state index contributed by atoms with van der Waals surface area (Å²) in [5.74, 6) is -0.206. The molecule has 17 heavy (non-hydrogen) atoms. The lowest BCUT2D eigenvalue weighted by atomic mass is 10.2. The fourth-order valence-electron chi connectivity index (χ4n) is 1.37. The summed E-state index contributed by atoms with van der Waals surface area (Å²) in [5.41, 5.74) is 1.47. The lowest BCUT2D eigenvalue weighted by Gasteiger charge is -2.03. The van der Waals surface area contributed by atoms with Gasteiger partial charge in [-0.25, -0.2) is 0 Å². The van der Waals surface area contributed by atoms with Crippen LogP contribution >= 0.6 is 34.5 Å². The maximum atomic E-state index is 11.8. The molecule has 0 aliphatic carbocycles. The van der Waals surface area contributed by atoms with Gasteiger partial charge in [0.1, 0.15) is 4.34 Å². The van der Waals surface area contributed by atoms with Gasteiger partial charge in [0, 0.05) is 6.54 Å². The van der Waals surface area contributed by atoms with Crippen molar-refractivity contribution in [3.05, 3.63) is 56.2 Å². The van der Waals surface area contributed by atoms with E-state index in [-0.39, 0.29) is 5.91 Å². The molecule has 5 heteroatoms. The van der Waals surface area contributed by atoms with E-state index >= 15 is 0 Å². The van der Waals surface area contributed by atoms with E-state index in [4.69, 9.17) is 23.2 Å². The zero-order valence-corrected chi connectivity index (χ0v) is 11.1. The second-order valence-electron chi connectivity index (χ2n) is 3.41. The Kier molecular flexibility index (Phi) is 4.05. The van der Waals surface area contributed by atoms with Gasteiger partial charge in [0.05, 0.1) is 9.90 Å². The van der Waals surface area contributed by atoms with Crippen molar-refractivity contribution < 1.29 is 4.79 Å². The van der Waals surface area contributed by atoms with Gasteiger partial charge in [0.15, 0.2) is 0 Å². The number of rotatable bonds is 3. The Bertz CT molecular complexity index is 525. The van der Waals surface area contributed by atoms with Crippen LogP contribution in [-0.4, -0.2) is 5.91 Å². The second kappa shape index (κ2) is 5.54. The Morgan fingerprint density at radius 2 is 1.94 bits per heavy atom. The van der Waals surface area contributed by atoms with E-state index in [0.29, 0.717) is 20.8 Å². The topological polar surface area (TPSA) is 29.1 Å². The number of benzene rings is 1. The van der Waals surface area contributed by atoms with E-state index in [1.54, 1.807) is 6.07 Å². The Morgan fingerprint density at radius 3 is 2.53 bits per heavy atom. The highest BCUT2D eigenvalue weighted by Crippen LogP contribution is 2.30. The maximum Gasteiger partial charge on any atom is 0.253 e. The molecule has 1 heterocycles. The fraction of sp³-hybridized carbons (Fsp3) is 0.0833. The SMILES string of the molecule is O=C(NCc1ccccc1)c1cc(Cl)sc1Cl. The van der Waals surface area contributed by atoms with Crippen LogP contribution in [0, 0.1) is 0 Å². The van der Waals surface area contributed by atoms with E-state index in [1.165, 1.54) is 11.3 Å². The minimum absolute atomic E-state index is 0.206. The third-order valence-electron chi connectivity index (χ3n) is 2.20. The van der Waals surface area contributed by atoms with Crippen LogP contribution in [0.4, 0.5) is 0 Å². The van der Waals surface area contributed by atoms with E-state index in [1.807, 2.05) is 30.3 Å². The van der Waals surface area contributed by atoms with Crippen molar-refractivity contribution in [2.24, 2.45) is 0 Å². The molecule has 0 atom stereocenters. The molecule has 1 N–H and O–H groups in total. The van der Waals surface area contributed by atoms with Gasteiger partial charge in [-0.2, -0.15) is 0 Å². The second-order valence-corrected chi connectivity index (χ2v) is 5.69. The van der Waals surface area contributed by atoms with Gasteiger partial charge in [-0.3, -0.25) is 4.79 Å². The molecule has 0 unspecified atom stereocenters. The van der Waals surface area contributed by atoms with Crippen LogP contribution in [0.3, 0.4) is 0 Å². The molecule has 2 aromatic rings. The van der Waals surface area contributed by atoms with Crippen molar-refractivity contribution in [1.29, 1.82) is 0 Å². The van der Waals surface area contributed by atoms with E-state index in [2.05, 4.69) is 5.32 Å². The molecule has 1 amide bonds. The molecule has 2 rings (SSSR count). The molecule has 2 nitrogen and oxygen atoms in total. The van der Waals surface area contributed by atoms with Gasteiger partial charge in [0.2, 0.25) is 0 Å². The van der Waals surface area contributed by atoms with Gasteiger partial charge in [0.25, 0.3) is 5.91 Å². The van der Waals surface area contributed by atoms with Crippen molar-refractivity contribution in [1.82, 2.24) is 5.32 Å². The molecule has 0 bridgehead atoms. The van der Waals surface area contributed by atoms with Crippen molar-refractivity contribution in [3.63, 3.8) is 0 Å². The van der Waals surface area contributed by atoms with Crippen LogP contribution in [0.5, 0.6) is 0 Å². The fourth-order valence-corrected chi connectivity index (χ4v) is 2.83. The van der Waals surface area contributed by atoms with Gasteiger partial charge in [-0.1, -0.05) is 53.5 Å². The molecule has 0 aliphatic heterocycles. The molecule has 0 fully saturated rings. The number of carbonyl (C=O) groups is 1. The zero-order chi connectivity index (χ0) is 12.3. The number of halogens is 2. The molecule has 0 radical (unpaired) electrons. The number of thiophene rings is 1. The number of hydrogen-bond acceptors (Lipinski definition) is 2. The predicted octanol–water partition coefficient (Wildman–Crippen LogP) is 3.98. The molecule has 0 aliphatic rings. The lowest BCUT2D eigenvalue weighted by molar-refractivity contribution is 0.0951. The van der Waals surface area contributed by atoms with E-state index < -0.39 is 0 Å². The third-order valence-corrected chi connectivity index (χ3v) is 3.68. The first-order valence-corrected chi connectivity index (χ1v) is 6.51. The summed E-state index contributed by atoms with van der Waals surface area (Å²) in [6, 6.07) is 11.3. The summed E-state index contributed by atoms with van der Waals surface area (Å²) < 4.78 is 0.931. The summed E-state index contributed by atoms with van der Waals surface area (Å²) in [5, 5.41) is 2.79. The first kappa shape index (κ1) is 12.4. The average molecular weight is 286 g/mol. The largest absolute Gasteiger partial charge is 0.348 e. The monoisotopic (exact) mass is 285 g/mol. The number of hydrogen-bond donors (Lipinski definition) is 1. The van der Waals surface area contributed by atoms with E-state index in [9.17, 15) is 4.79 Å². The quantitative estimate of drug-likeness (QED) is 0.908. The highest BCUT2D eigenvalue weighted by molar-refractivity contribution is 7.20. The predicted molar refractivity (Wildman–Crippen MR) is 72.0 cm³/mol. The summed E-state index contributed by atoms with van der Waals surface area (Å²) in [4.78, 5) is 11.8. The van der Waals surface area contributed by atoms with Crippen molar-refractivity contribution in [2.75, 3.05) is 0 Å². The van der Waals surface area contributed by atoms with Crippen LogP contribution in [0.15, 0.2) is 36.4 Å². The summed E-state index contributed by atoms with van der Waals surface area (Å²) in [6.45, 7) is 0.476. The summed E-state index contributed by atoms with van der Waals surface area (Å²) >= 11 is 12.9. The number of carbonyl (C=O) groups excluding carboxylic acids is 1. The maximum absolute atomic E-state index is 11.8. The van der Waals surface area contributed by atoms with Crippen LogP contribution < -0.4 is 5.32 Å². The minimum Gasteiger partial charge on any atom is -0.348 e. The molecule has 88 valence electrons. The molecular formula is C12H9Cl2NOS. The highest BCUT2D eigenvalue weighted by Gasteiger charge is 2.13. The lowest BCUT2D eigenvalue weighted by Crippen LogP contribution is -2.22. The van der Waals surface area contributed by atoms with Gasteiger partial charge in [-0.15, -0.1) is 11.3 Å². The Balaban J connectivity index is 2.01. The van der Waals surface area contributed by atoms with Crippen LogP contribution in [0.1, 0.15) is 15.9 Å². The highest BCUT2D eigenvalue weighted by atomic mass is 35.5. The first-order valence-electron chi connectivity index (χ1n) is 4.94. The molecule has 0 saturated heterocycles. The van der Waals surface area contributed by atoms with Gasteiger partial charge < -0.3 is 5.32 Å². The number of amides is 1. The first-order chi connectivity index (χ1) is 8.16. The third kappa shape index (κ3) is 3.22. The smallest absolute Gasteiger partial charge is 0.253 e. The Labute approximate surface area is 113 Å². The van der Waals surface area contributed by atoms with Crippen molar-refractivity contribution >= 4 is 40.4 Å². The molecule has 1 aromatic carbocycles. The van der Waals surface area contributed by atoms with Crippen LogP contribution in [-0.2, 0) is 6.54 Å². The summed E-state index contributed by atoms with van der Waals surface area (Å²) in [6.07, 6.45) is 0. The minimum atomic E-state index is -0.206. The van der Waals surface area contributed by atoms with Crippen molar-refractivity contribution in [2.45, 2.75) is 6.54 Å². The van der Waals surface area contributed by atoms with Gasteiger partial charge >= 0.3 is 0 Å². The summed E-state index contributed by atoms with van der Waals surface area (Å²) in [7, 11) is 0.